The van der Waals surface area contributed by atoms with Gasteiger partial charge < -0.3 is 19.5 Å². The van der Waals surface area contributed by atoms with Crippen molar-refractivity contribution in [3.63, 3.8) is 0 Å². The van der Waals surface area contributed by atoms with Crippen molar-refractivity contribution in [2.45, 2.75) is 38.5 Å². The van der Waals surface area contributed by atoms with Crippen LogP contribution in [0.25, 0.3) is 0 Å². The fourth-order valence-corrected chi connectivity index (χ4v) is 2.10. The third-order valence-electron chi connectivity index (χ3n) is 2.88. The summed E-state index contributed by atoms with van der Waals surface area (Å²) in [7, 11) is 0. The molecular formula is C12H21NO3. The molecule has 1 saturated heterocycles. The van der Waals surface area contributed by atoms with Gasteiger partial charge in [0.1, 0.15) is 5.76 Å². The lowest BCUT2D eigenvalue weighted by atomic mass is 10.1. The fourth-order valence-electron chi connectivity index (χ4n) is 2.10. The second-order valence-corrected chi connectivity index (χ2v) is 4.11. The predicted octanol–water partition coefficient (Wildman–Crippen LogP) is 1.42. The maximum atomic E-state index is 5.69. The molecule has 4 heteroatoms. The van der Waals surface area contributed by atoms with Crippen molar-refractivity contribution < 1.29 is 14.2 Å². The van der Waals surface area contributed by atoms with Gasteiger partial charge in [0.15, 0.2) is 6.29 Å². The van der Waals surface area contributed by atoms with E-state index in [2.05, 4.69) is 18.3 Å². The van der Waals surface area contributed by atoms with Gasteiger partial charge in [0.25, 0.3) is 0 Å². The molecule has 1 fully saturated rings. The topological polar surface area (TPSA) is 39.7 Å². The second kappa shape index (κ2) is 6.23. The van der Waals surface area contributed by atoms with Crippen LogP contribution in [-0.2, 0) is 14.2 Å². The maximum absolute atomic E-state index is 5.69. The van der Waals surface area contributed by atoms with Crippen LogP contribution in [0.1, 0.15) is 26.2 Å². The normalized spacial score (nSPS) is 23.9. The van der Waals surface area contributed by atoms with Crippen molar-refractivity contribution in [2.75, 3.05) is 26.4 Å². The molecule has 1 atom stereocenters. The Kier molecular flexibility index (Phi) is 4.63. The molecule has 0 aromatic carbocycles. The Hall–Kier alpha value is -0.580. The number of hydrogen-bond acceptors (Lipinski definition) is 4. The van der Waals surface area contributed by atoms with E-state index in [4.69, 9.17) is 14.2 Å². The van der Waals surface area contributed by atoms with E-state index in [-0.39, 0.29) is 12.3 Å². The quantitative estimate of drug-likeness (QED) is 0.771. The fraction of sp³-hybridized carbons (Fsp3) is 0.833. The van der Waals surface area contributed by atoms with Crippen LogP contribution < -0.4 is 5.32 Å². The molecule has 1 unspecified atom stereocenters. The van der Waals surface area contributed by atoms with Crippen LogP contribution in [0.3, 0.4) is 0 Å². The molecule has 0 radical (unpaired) electrons. The van der Waals surface area contributed by atoms with Crippen LogP contribution in [0.2, 0.25) is 0 Å². The summed E-state index contributed by atoms with van der Waals surface area (Å²) in [6, 6.07) is 0.230. The number of hydrogen-bond donors (Lipinski definition) is 1. The monoisotopic (exact) mass is 227 g/mol. The molecule has 16 heavy (non-hydrogen) atoms. The van der Waals surface area contributed by atoms with Crippen LogP contribution in [0, 0.1) is 0 Å². The second-order valence-electron chi connectivity index (χ2n) is 4.11. The van der Waals surface area contributed by atoms with Gasteiger partial charge in [0.2, 0.25) is 0 Å². The van der Waals surface area contributed by atoms with E-state index in [1.807, 2.05) is 0 Å². The SMILES string of the molecule is CCNC(CC1OCCO1)C1=CCCCO1. The highest BCUT2D eigenvalue weighted by molar-refractivity contribution is 5.05. The lowest BCUT2D eigenvalue weighted by molar-refractivity contribution is -0.0538. The van der Waals surface area contributed by atoms with Crippen LogP contribution in [0.15, 0.2) is 11.8 Å². The van der Waals surface area contributed by atoms with Crippen LogP contribution in [0.4, 0.5) is 0 Å². The van der Waals surface area contributed by atoms with Gasteiger partial charge in [-0.15, -0.1) is 0 Å². The number of ether oxygens (including phenoxy) is 3. The van der Waals surface area contributed by atoms with Gasteiger partial charge in [-0.05, 0) is 25.5 Å². The molecule has 0 aliphatic carbocycles. The molecule has 0 amide bonds. The molecular weight excluding hydrogens is 206 g/mol. The first-order valence-electron chi connectivity index (χ1n) is 6.19. The Balaban J connectivity index is 1.89. The largest absolute Gasteiger partial charge is 0.497 e. The summed E-state index contributed by atoms with van der Waals surface area (Å²) in [5, 5.41) is 3.43. The molecule has 2 aliphatic heterocycles. The zero-order chi connectivity index (χ0) is 11.2. The van der Waals surface area contributed by atoms with Gasteiger partial charge >= 0.3 is 0 Å². The minimum Gasteiger partial charge on any atom is -0.497 e. The van der Waals surface area contributed by atoms with E-state index in [1.54, 1.807) is 0 Å². The Labute approximate surface area is 96.9 Å². The molecule has 0 saturated carbocycles. The molecule has 0 bridgehead atoms. The average molecular weight is 227 g/mol. The molecule has 2 rings (SSSR count). The van der Waals surface area contributed by atoms with Crippen molar-refractivity contribution in [1.82, 2.24) is 5.32 Å². The van der Waals surface area contributed by atoms with Gasteiger partial charge in [-0.25, -0.2) is 0 Å². The Morgan fingerprint density at radius 1 is 1.38 bits per heavy atom. The van der Waals surface area contributed by atoms with Crippen molar-refractivity contribution in [3.8, 4) is 0 Å². The maximum Gasteiger partial charge on any atom is 0.159 e. The van der Waals surface area contributed by atoms with E-state index in [1.165, 1.54) is 0 Å². The van der Waals surface area contributed by atoms with Crippen LogP contribution >= 0.6 is 0 Å². The predicted molar refractivity (Wildman–Crippen MR) is 61.0 cm³/mol. The number of likely N-dealkylation sites (N-methyl/N-ethyl adjacent to an activating group) is 1. The van der Waals surface area contributed by atoms with E-state index < -0.39 is 0 Å². The molecule has 2 aliphatic rings. The number of allylic oxidation sites excluding steroid dienone is 1. The van der Waals surface area contributed by atoms with Crippen molar-refractivity contribution in [2.24, 2.45) is 0 Å². The number of nitrogens with one attached hydrogen (secondary N) is 1. The van der Waals surface area contributed by atoms with Crippen molar-refractivity contribution in [3.05, 3.63) is 11.8 Å². The van der Waals surface area contributed by atoms with Crippen molar-refractivity contribution >= 4 is 0 Å². The summed E-state index contributed by atoms with van der Waals surface area (Å²) in [5.41, 5.74) is 0. The van der Waals surface area contributed by atoms with Gasteiger partial charge in [-0.1, -0.05) is 6.92 Å². The lowest BCUT2D eigenvalue weighted by Crippen LogP contribution is -2.36. The Bertz CT molecular complexity index is 236. The summed E-state index contributed by atoms with van der Waals surface area (Å²) in [5.74, 6) is 1.06. The Morgan fingerprint density at radius 2 is 2.19 bits per heavy atom. The van der Waals surface area contributed by atoms with Crippen LogP contribution in [-0.4, -0.2) is 38.7 Å². The first-order valence-corrected chi connectivity index (χ1v) is 6.19. The minimum absolute atomic E-state index is 0.0736. The van der Waals surface area contributed by atoms with E-state index in [0.717, 1.165) is 38.2 Å². The van der Waals surface area contributed by atoms with Gasteiger partial charge in [-0.2, -0.15) is 0 Å². The van der Waals surface area contributed by atoms with Gasteiger partial charge in [0.05, 0.1) is 25.9 Å². The van der Waals surface area contributed by atoms with Gasteiger partial charge in [0, 0.05) is 6.42 Å². The standard InChI is InChI=1S/C12H21NO3/c1-2-13-10(9-12-15-7-8-16-12)11-5-3-4-6-14-11/h5,10,12-13H,2-4,6-9H2,1H3. The molecule has 92 valence electrons. The van der Waals surface area contributed by atoms with E-state index in [0.29, 0.717) is 13.2 Å². The zero-order valence-electron chi connectivity index (χ0n) is 9.91. The first kappa shape index (κ1) is 11.9. The summed E-state index contributed by atoms with van der Waals surface area (Å²) in [4.78, 5) is 0. The average Bonchev–Trinajstić information content (AvgIpc) is 2.83. The van der Waals surface area contributed by atoms with Crippen molar-refractivity contribution in [1.29, 1.82) is 0 Å². The minimum atomic E-state index is -0.0736. The molecule has 0 spiro atoms. The highest BCUT2D eigenvalue weighted by Gasteiger charge is 2.25. The van der Waals surface area contributed by atoms with E-state index >= 15 is 0 Å². The highest BCUT2D eigenvalue weighted by atomic mass is 16.7. The third kappa shape index (κ3) is 3.20. The molecule has 4 nitrogen and oxygen atoms in total. The smallest absolute Gasteiger partial charge is 0.159 e. The summed E-state index contributed by atoms with van der Waals surface area (Å²) >= 11 is 0. The first-order chi connectivity index (χ1) is 7.90. The van der Waals surface area contributed by atoms with Crippen LogP contribution in [0.5, 0.6) is 0 Å². The molecule has 1 N–H and O–H groups in total. The summed E-state index contributed by atoms with van der Waals surface area (Å²) < 4.78 is 16.6. The summed E-state index contributed by atoms with van der Waals surface area (Å²) in [6.45, 7) is 5.29. The molecule has 0 aromatic heterocycles. The third-order valence-corrected chi connectivity index (χ3v) is 2.88. The summed E-state index contributed by atoms with van der Waals surface area (Å²) in [6.07, 6.45) is 5.18. The molecule has 2 heterocycles. The van der Waals surface area contributed by atoms with E-state index in [9.17, 15) is 0 Å². The van der Waals surface area contributed by atoms with Gasteiger partial charge in [-0.3, -0.25) is 0 Å². The molecule has 0 aromatic rings. The lowest BCUT2D eigenvalue weighted by Gasteiger charge is -2.25. The highest BCUT2D eigenvalue weighted by Crippen LogP contribution is 2.20. The Morgan fingerprint density at radius 3 is 2.81 bits per heavy atom. The zero-order valence-corrected chi connectivity index (χ0v) is 9.91. The number of rotatable bonds is 5.